The summed E-state index contributed by atoms with van der Waals surface area (Å²) in [5, 5.41) is 13.0. The molecule has 1 fully saturated rings. The topological polar surface area (TPSA) is 59.0 Å². The standard InChI is InChI=1S/C20H23ClN4OS/c1-13-15-11-17(18(26)23-20(2)7-9-22-10-8-20)27-19(15)25(24-13)12-14-5-3-4-6-16(14)21/h3-6,11,22H,7-10,12H2,1-2H3,(H,23,26). The molecule has 3 aromatic rings. The number of carbonyl (C=O) groups is 1. The second kappa shape index (κ2) is 7.26. The Labute approximate surface area is 167 Å². The number of hydrogen-bond acceptors (Lipinski definition) is 4. The largest absolute Gasteiger partial charge is 0.346 e. The van der Waals surface area contributed by atoms with Crippen molar-refractivity contribution in [3.05, 3.63) is 51.5 Å². The minimum atomic E-state index is -0.142. The number of nitrogens with zero attached hydrogens (tertiary/aromatic N) is 2. The zero-order valence-electron chi connectivity index (χ0n) is 15.5. The average molecular weight is 403 g/mol. The molecular formula is C20H23ClN4OS. The fourth-order valence-electron chi connectivity index (χ4n) is 3.56. The summed E-state index contributed by atoms with van der Waals surface area (Å²) >= 11 is 7.80. The van der Waals surface area contributed by atoms with Gasteiger partial charge in [-0.05, 0) is 57.5 Å². The van der Waals surface area contributed by atoms with E-state index >= 15 is 0 Å². The van der Waals surface area contributed by atoms with Gasteiger partial charge < -0.3 is 10.6 Å². The van der Waals surface area contributed by atoms with Crippen molar-refractivity contribution in [2.45, 2.75) is 38.8 Å². The number of amides is 1. The van der Waals surface area contributed by atoms with Gasteiger partial charge in [0, 0.05) is 15.9 Å². The van der Waals surface area contributed by atoms with Crippen LogP contribution in [0, 0.1) is 6.92 Å². The number of fused-ring (bicyclic) bond motifs is 1. The van der Waals surface area contributed by atoms with Crippen molar-refractivity contribution in [3.8, 4) is 0 Å². The van der Waals surface area contributed by atoms with Gasteiger partial charge in [-0.3, -0.25) is 9.48 Å². The Balaban J connectivity index is 1.60. The highest BCUT2D eigenvalue weighted by atomic mass is 35.5. The first-order valence-corrected chi connectivity index (χ1v) is 10.4. The third-order valence-electron chi connectivity index (χ3n) is 5.23. The van der Waals surface area contributed by atoms with Gasteiger partial charge in [-0.15, -0.1) is 11.3 Å². The van der Waals surface area contributed by atoms with E-state index in [1.54, 1.807) is 0 Å². The highest BCUT2D eigenvalue weighted by Gasteiger charge is 2.29. The molecule has 0 aliphatic carbocycles. The van der Waals surface area contributed by atoms with Gasteiger partial charge in [0.2, 0.25) is 0 Å². The first-order chi connectivity index (χ1) is 13.0. The number of aryl methyl sites for hydroxylation is 1. The van der Waals surface area contributed by atoms with Crippen LogP contribution in [0.1, 0.15) is 40.7 Å². The lowest BCUT2D eigenvalue weighted by atomic mass is 9.90. The number of thiophene rings is 1. The number of carbonyl (C=O) groups excluding carboxylic acids is 1. The summed E-state index contributed by atoms with van der Waals surface area (Å²) in [5.41, 5.74) is 1.81. The van der Waals surface area contributed by atoms with Crippen molar-refractivity contribution in [3.63, 3.8) is 0 Å². The molecule has 5 nitrogen and oxygen atoms in total. The lowest BCUT2D eigenvalue weighted by Gasteiger charge is -2.34. The summed E-state index contributed by atoms with van der Waals surface area (Å²) in [6.45, 7) is 6.58. The second-order valence-electron chi connectivity index (χ2n) is 7.43. The molecule has 1 aliphatic rings. The fraction of sp³-hybridized carbons (Fsp3) is 0.400. The Hall–Kier alpha value is -1.89. The SMILES string of the molecule is Cc1nn(Cc2ccccc2Cl)c2sc(C(=O)NC3(C)CCNCC3)cc12. The zero-order valence-corrected chi connectivity index (χ0v) is 17.1. The van der Waals surface area contributed by atoms with Crippen LogP contribution in [-0.2, 0) is 6.54 Å². The number of benzene rings is 1. The average Bonchev–Trinajstić information content (AvgIpc) is 3.19. The highest BCUT2D eigenvalue weighted by molar-refractivity contribution is 7.20. The van der Waals surface area contributed by atoms with E-state index in [2.05, 4.69) is 22.7 Å². The second-order valence-corrected chi connectivity index (χ2v) is 8.87. The van der Waals surface area contributed by atoms with E-state index in [-0.39, 0.29) is 11.4 Å². The molecule has 1 saturated heterocycles. The van der Waals surface area contributed by atoms with Gasteiger partial charge in [-0.25, -0.2) is 0 Å². The van der Waals surface area contributed by atoms with Crippen LogP contribution < -0.4 is 10.6 Å². The molecule has 4 rings (SSSR count). The quantitative estimate of drug-likeness (QED) is 0.693. The molecule has 2 aromatic heterocycles. The number of halogens is 1. The van der Waals surface area contributed by atoms with Gasteiger partial charge in [0.1, 0.15) is 4.83 Å². The fourth-order valence-corrected chi connectivity index (χ4v) is 4.81. The van der Waals surface area contributed by atoms with Crippen LogP contribution in [0.3, 0.4) is 0 Å². The van der Waals surface area contributed by atoms with E-state index in [0.29, 0.717) is 6.54 Å². The minimum Gasteiger partial charge on any atom is -0.346 e. The molecular weight excluding hydrogens is 380 g/mol. The predicted molar refractivity (Wildman–Crippen MR) is 111 cm³/mol. The minimum absolute atomic E-state index is 0.00398. The summed E-state index contributed by atoms with van der Waals surface area (Å²) < 4.78 is 1.94. The van der Waals surface area contributed by atoms with Crippen LogP contribution in [0.4, 0.5) is 0 Å². The van der Waals surface area contributed by atoms with E-state index in [4.69, 9.17) is 11.6 Å². The van der Waals surface area contributed by atoms with Crippen LogP contribution >= 0.6 is 22.9 Å². The van der Waals surface area contributed by atoms with Crippen LogP contribution in [0.2, 0.25) is 5.02 Å². The Kier molecular flexibility index (Phi) is 4.97. The maximum atomic E-state index is 12.8. The molecule has 142 valence electrons. The van der Waals surface area contributed by atoms with Gasteiger partial charge in [0.15, 0.2) is 0 Å². The molecule has 1 aromatic carbocycles. The lowest BCUT2D eigenvalue weighted by molar-refractivity contribution is 0.0892. The van der Waals surface area contributed by atoms with E-state index in [0.717, 1.165) is 57.3 Å². The Morgan fingerprint density at radius 1 is 1.37 bits per heavy atom. The van der Waals surface area contributed by atoms with Crippen molar-refractivity contribution < 1.29 is 4.79 Å². The highest BCUT2D eigenvalue weighted by Crippen LogP contribution is 2.30. The third kappa shape index (κ3) is 3.74. The number of piperidine rings is 1. The Morgan fingerprint density at radius 2 is 2.11 bits per heavy atom. The van der Waals surface area contributed by atoms with Crippen LogP contribution in [0.25, 0.3) is 10.2 Å². The lowest BCUT2D eigenvalue weighted by Crippen LogP contribution is -2.52. The number of hydrogen-bond donors (Lipinski definition) is 2. The molecule has 1 amide bonds. The molecule has 0 bridgehead atoms. The molecule has 0 saturated carbocycles. The van der Waals surface area contributed by atoms with Gasteiger partial charge in [0.25, 0.3) is 5.91 Å². The van der Waals surface area contributed by atoms with Gasteiger partial charge >= 0.3 is 0 Å². The Morgan fingerprint density at radius 3 is 2.85 bits per heavy atom. The molecule has 0 unspecified atom stereocenters. The van der Waals surface area contributed by atoms with Crippen molar-refractivity contribution in [2.75, 3.05) is 13.1 Å². The summed E-state index contributed by atoms with van der Waals surface area (Å²) in [6, 6.07) is 9.75. The van der Waals surface area contributed by atoms with E-state index in [9.17, 15) is 4.79 Å². The summed E-state index contributed by atoms with van der Waals surface area (Å²) in [7, 11) is 0. The van der Waals surface area contributed by atoms with Gasteiger partial charge in [0.05, 0.1) is 17.1 Å². The van der Waals surface area contributed by atoms with Crippen molar-refractivity contribution >= 4 is 39.1 Å². The first kappa shape index (κ1) is 18.5. The predicted octanol–water partition coefficient (Wildman–Crippen LogP) is 3.98. The molecule has 1 aliphatic heterocycles. The maximum absolute atomic E-state index is 12.8. The monoisotopic (exact) mass is 402 g/mol. The van der Waals surface area contributed by atoms with E-state index in [1.165, 1.54) is 11.3 Å². The summed E-state index contributed by atoms with van der Waals surface area (Å²) in [5.74, 6) is 0.00398. The van der Waals surface area contributed by atoms with Crippen LogP contribution in [0.15, 0.2) is 30.3 Å². The molecule has 2 N–H and O–H groups in total. The number of rotatable bonds is 4. The maximum Gasteiger partial charge on any atom is 0.261 e. The molecule has 7 heteroatoms. The van der Waals surface area contributed by atoms with E-state index < -0.39 is 0 Å². The van der Waals surface area contributed by atoms with Crippen LogP contribution in [-0.4, -0.2) is 34.3 Å². The van der Waals surface area contributed by atoms with Crippen molar-refractivity contribution in [2.24, 2.45) is 0 Å². The summed E-state index contributed by atoms with van der Waals surface area (Å²) in [4.78, 5) is 14.6. The van der Waals surface area contributed by atoms with E-state index in [1.807, 2.05) is 41.9 Å². The molecule has 3 heterocycles. The molecule has 27 heavy (non-hydrogen) atoms. The zero-order chi connectivity index (χ0) is 19.0. The van der Waals surface area contributed by atoms with Gasteiger partial charge in [-0.2, -0.15) is 5.10 Å². The summed E-state index contributed by atoms with van der Waals surface area (Å²) in [6.07, 6.45) is 1.89. The Bertz CT molecular complexity index is 987. The normalized spacial score (nSPS) is 16.6. The number of nitrogens with one attached hydrogen (secondary N) is 2. The smallest absolute Gasteiger partial charge is 0.261 e. The molecule has 0 atom stereocenters. The first-order valence-electron chi connectivity index (χ1n) is 9.19. The number of aromatic nitrogens is 2. The van der Waals surface area contributed by atoms with Crippen molar-refractivity contribution in [1.29, 1.82) is 0 Å². The molecule has 0 radical (unpaired) electrons. The van der Waals surface area contributed by atoms with Crippen molar-refractivity contribution in [1.82, 2.24) is 20.4 Å². The molecule has 0 spiro atoms. The third-order valence-corrected chi connectivity index (χ3v) is 6.75. The van der Waals surface area contributed by atoms with Crippen LogP contribution in [0.5, 0.6) is 0 Å². The van der Waals surface area contributed by atoms with Gasteiger partial charge in [-0.1, -0.05) is 29.8 Å².